The van der Waals surface area contributed by atoms with Gasteiger partial charge < -0.3 is 20.3 Å². The van der Waals surface area contributed by atoms with Crippen molar-refractivity contribution in [1.29, 1.82) is 0 Å². The number of carbonyl (C=O) groups is 1. The van der Waals surface area contributed by atoms with Crippen LogP contribution in [0.25, 0.3) is 0 Å². The maximum absolute atomic E-state index is 11.8. The van der Waals surface area contributed by atoms with Crippen molar-refractivity contribution in [3.63, 3.8) is 0 Å². The summed E-state index contributed by atoms with van der Waals surface area (Å²) in [7, 11) is 2.20. The second-order valence-electron chi connectivity index (χ2n) is 8.04. The third-order valence-electron chi connectivity index (χ3n) is 4.71. The third-order valence-corrected chi connectivity index (χ3v) is 4.71. The number of nitrogens with zero attached hydrogens (tertiary/aromatic N) is 1. The molecule has 128 valence electrons. The molecule has 1 saturated heterocycles. The van der Waals surface area contributed by atoms with Crippen molar-refractivity contribution in [2.45, 2.75) is 77.1 Å². The molecule has 0 aromatic rings. The molecule has 2 aliphatic rings. The van der Waals surface area contributed by atoms with Crippen molar-refractivity contribution >= 4 is 6.09 Å². The first-order chi connectivity index (χ1) is 10.2. The molecule has 3 atom stereocenters. The van der Waals surface area contributed by atoms with Gasteiger partial charge in [-0.25, -0.2) is 4.79 Å². The Bertz CT molecular complexity index is 377. The van der Waals surface area contributed by atoms with E-state index in [9.17, 15) is 4.79 Å². The van der Waals surface area contributed by atoms with Gasteiger partial charge in [-0.3, -0.25) is 0 Å². The fourth-order valence-electron chi connectivity index (χ4n) is 3.11. The fraction of sp³-hybridized carbons (Fsp3) is 0.941. The van der Waals surface area contributed by atoms with Crippen LogP contribution in [0.2, 0.25) is 0 Å². The number of amides is 1. The van der Waals surface area contributed by atoms with Gasteiger partial charge in [0.1, 0.15) is 5.60 Å². The van der Waals surface area contributed by atoms with Crippen LogP contribution in [0.3, 0.4) is 0 Å². The average molecular weight is 311 g/mol. The van der Waals surface area contributed by atoms with Gasteiger partial charge in [-0.1, -0.05) is 0 Å². The molecular weight excluding hydrogens is 278 g/mol. The Kier molecular flexibility index (Phi) is 5.72. The average Bonchev–Trinajstić information content (AvgIpc) is 3.21. The van der Waals surface area contributed by atoms with Gasteiger partial charge in [0.2, 0.25) is 0 Å². The molecule has 0 radical (unpaired) electrons. The minimum atomic E-state index is -0.435. The van der Waals surface area contributed by atoms with Crippen molar-refractivity contribution in [1.82, 2.24) is 15.5 Å². The molecule has 0 aromatic heterocycles. The third kappa shape index (κ3) is 5.76. The van der Waals surface area contributed by atoms with Crippen LogP contribution in [0.4, 0.5) is 4.79 Å². The SMILES string of the molecule is CC1CC(NC(CNC(=O)OC(C)(C)C)C2CC2)CCN1C. The van der Waals surface area contributed by atoms with Gasteiger partial charge in [0.25, 0.3) is 0 Å². The minimum absolute atomic E-state index is 0.309. The number of hydrogen-bond donors (Lipinski definition) is 2. The van der Waals surface area contributed by atoms with Crippen LogP contribution in [-0.2, 0) is 4.74 Å². The van der Waals surface area contributed by atoms with Crippen LogP contribution >= 0.6 is 0 Å². The summed E-state index contributed by atoms with van der Waals surface area (Å²) >= 11 is 0. The topological polar surface area (TPSA) is 53.6 Å². The smallest absolute Gasteiger partial charge is 0.407 e. The van der Waals surface area contributed by atoms with Crippen LogP contribution in [0.5, 0.6) is 0 Å². The van der Waals surface area contributed by atoms with Gasteiger partial charge in [0, 0.05) is 24.7 Å². The first-order valence-corrected chi connectivity index (χ1v) is 8.68. The predicted molar refractivity (Wildman–Crippen MR) is 89.0 cm³/mol. The van der Waals surface area contributed by atoms with E-state index < -0.39 is 5.60 Å². The molecule has 5 heteroatoms. The molecule has 0 aromatic carbocycles. The van der Waals surface area contributed by atoms with E-state index in [0.29, 0.717) is 30.6 Å². The zero-order chi connectivity index (χ0) is 16.3. The van der Waals surface area contributed by atoms with Crippen molar-refractivity contribution in [3.8, 4) is 0 Å². The van der Waals surface area contributed by atoms with Crippen LogP contribution in [-0.4, -0.2) is 54.9 Å². The van der Waals surface area contributed by atoms with Gasteiger partial charge in [0.15, 0.2) is 0 Å². The Morgan fingerprint density at radius 3 is 2.55 bits per heavy atom. The van der Waals surface area contributed by atoms with E-state index in [1.54, 1.807) is 0 Å². The van der Waals surface area contributed by atoms with Crippen molar-refractivity contribution in [2.24, 2.45) is 5.92 Å². The quantitative estimate of drug-likeness (QED) is 0.818. The number of ether oxygens (including phenoxy) is 1. The Hall–Kier alpha value is -0.810. The van der Waals surface area contributed by atoms with Gasteiger partial charge in [-0.2, -0.15) is 0 Å². The molecule has 2 rings (SSSR count). The highest BCUT2D eigenvalue weighted by Crippen LogP contribution is 2.33. The zero-order valence-corrected chi connectivity index (χ0v) is 14.8. The van der Waals surface area contributed by atoms with Gasteiger partial charge >= 0.3 is 6.09 Å². The van der Waals surface area contributed by atoms with Gasteiger partial charge in [-0.05, 0) is 72.9 Å². The van der Waals surface area contributed by atoms with E-state index in [1.165, 1.54) is 25.7 Å². The van der Waals surface area contributed by atoms with Crippen molar-refractivity contribution < 1.29 is 9.53 Å². The number of likely N-dealkylation sites (tertiary alicyclic amines) is 1. The lowest BCUT2D eigenvalue weighted by Crippen LogP contribution is -2.52. The lowest BCUT2D eigenvalue weighted by Gasteiger charge is -2.37. The molecule has 5 nitrogen and oxygen atoms in total. The number of carbonyl (C=O) groups excluding carboxylic acids is 1. The van der Waals surface area contributed by atoms with Crippen molar-refractivity contribution in [3.05, 3.63) is 0 Å². The Morgan fingerprint density at radius 2 is 2.00 bits per heavy atom. The Balaban J connectivity index is 1.77. The van der Waals surface area contributed by atoms with Crippen LogP contribution in [0.15, 0.2) is 0 Å². The molecule has 0 spiro atoms. The molecule has 2 fully saturated rings. The van der Waals surface area contributed by atoms with Gasteiger partial charge in [-0.15, -0.1) is 0 Å². The number of alkyl carbamates (subject to hydrolysis) is 1. The van der Waals surface area contributed by atoms with Crippen molar-refractivity contribution in [2.75, 3.05) is 20.1 Å². The first kappa shape index (κ1) is 17.5. The van der Waals surface area contributed by atoms with Crippen LogP contribution < -0.4 is 10.6 Å². The van der Waals surface area contributed by atoms with Crippen LogP contribution in [0.1, 0.15) is 53.4 Å². The van der Waals surface area contributed by atoms with Gasteiger partial charge in [0.05, 0.1) is 0 Å². The normalized spacial score (nSPS) is 28.2. The summed E-state index contributed by atoms with van der Waals surface area (Å²) in [4.78, 5) is 14.2. The zero-order valence-electron chi connectivity index (χ0n) is 14.8. The number of nitrogens with one attached hydrogen (secondary N) is 2. The summed E-state index contributed by atoms with van der Waals surface area (Å²) < 4.78 is 5.32. The molecule has 3 unspecified atom stereocenters. The molecule has 2 N–H and O–H groups in total. The lowest BCUT2D eigenvalue weighted by molar-refractivity contribution is 0.0518. The monoisotopic (exact) mass is 311 g/mol. The summed E-state index contributed by atoms with van der Waals surface area (Å²) in [6.07, 6.45) is 4.62. The highest BCUT2D eigenvalue weighted by Gasteiger charge is 2.34. The predicted octanol–water partition coefficient (Wildman–Crippen LogP) is 2.36. The number of rotatable bonds is 5. The van der Waals surface area contributed by atoms with E-state index in [4.69, 9.17) is 4.74 Å². The number of hydrogen-bond acceptors (Lipinski definition) is 4. The van der Waals surface area contributed by atoms with E-state index >= 15 is 0 Å². The second-order valence-corrected chi connectivity index (χ2v) is 8.04. The number of piperidine rings is 1. The molecule has 1 aliphatic heterocycles. The summed E-state index contributed by atoms with van der Waals surface area (Å²) in [5.41, 5.74) is -0.435. The van der Waals surface area contributed by atoms with Crippen LogP contribution in [0, 0.1) is 5.92 Å². The lowest BCUT2D eigenvalue weighted by atomic mass is 9.97. The highest BCUT2D eigenvalue weighted by atomic mass is 16.6. The minimum Gasteiger partial charge on any atom is -0.444 e. The molecule has 22 heavy (non-hydrogen) atoms. The molecular formula is C17H33N3O2. The fourth-order valence-corrected chi connectivity index (χ4v) is 3.11. The van der Waals surface area contributed by atoms with E-state index in [-0.39, 0.29) is 6.09 Å². The first-order valence-electron chi connectivity index (χ1n) is 8.68. The molecule has 1 aliphatic carbocycles. The molecule has 1 amide bonds. The summed E-state index contributed by atoms with van der Waals surface area (Å²) in [6, 6.07) is 1.58. The largest absolute Gasteiger partial charge is 0.444 e. The van der Waals surface area contributed by atoms with E-state index in [1.807, 2.05) is 20.8 Å². The molecule has 1 saturated carbocycles. The standard InChI is InChI=1S/C17H33N3O2/c1-12-10-14(8-9-20(12)5)19-15(13-6-7-13)11-18-16(21)22-17(2,3)4/h12-15,19H,6-11H2,1-5H3,(H,18,21). The maximum Gasteiger partial charge on any atom is 0.407 e. The second kappa shape index (κ2) is 7.18. The summed E-state index contributed by atoms with van der Waals surface area (Å²) in [6.45, 7) is 9.78. The molecule has 0 bridgehead atoms. The maximum atomic E-state index is 11.8. The Morgan fingerprint density at radius 1 is 1.32 bits per heavy atom. The van der Waals surface area contributed by atoms with E-state index in [2.05, 4.69) is 29.5 Å². The summed E-state index contributed by atoms with van der Waals surface area (Å²) in [5.74, 6) is 0.713. The summed E-state index contributed by atoms with van der Waals surface area (Å²) in [5, 5.41) is 6.73. The highest BCUT2D eigenvalue weighted by molar-refractivity contribution is 5.67. The molecule has 1 heterocycles. The Labute approximate surface area is 135 Å². The van der Waals surface area contributed by atoms with E-state index in [0.717, 1.165) is 6.54 Å².